The normalized spacial score (nSPS) is 11.1. The lowest BCUT2D eigenvalue weighted by Crippen LogP contribution is -2.02. The van der Waals surface area contributed by atoms with Gasteiger partial charge in [-0.25, -0.2) is 0 Å². The molecule has 0 bridgehead atoms. The van der Waals surface area contributed by atoms with Crippen molar-refractivity contribution < 1.29 is 9.05 Å². The van der Waals surface area contributed by atoms with Crippen LogP contribution in [0.4, 0.5) is 5.82 Å². The average Bonchev–Trinajstić information content (AvgIpc) is 3.49. The standard InChI is InChI=1S/C25H22N4O2/c1-2-9-19(10-3-1)25-27-24(31-29-25)12-6-7-15-26-23-17-22(30-28-23)21-14-13-18-8-4-5-11-20(18)16-21/h1-5,8-11,13-14,16-17H,6-7,12,15H2,(H,26,28). The van der Waals surface area contributed by atoms with Gasteiger partial charge in [0.15, 0.2) is 11.6 Å². The van der Waals surface area contributed by atoms with Gasteiger partial charge in [0.1, 0.15) is 0 Å². The minimum Gasteiger partial charge on any atom is -0.367 e. The zero-order chi connectivity index (χ0) is 20.9. The summed E-state index contributed by atoms with van der Waals surface area (Å²) >= 11 is 0. The van der Waals surface area contributed by atoms with E-state index in [1.165, 1.54) is 10.8 Å². The molecule has 5 rings (SSSR count). The van der Waals surface area contributed by atoms with Crippen molar-refractivity contribution in [1.82, 2.24) is 15.3 Å². The molecule has 31 heavy (non-hydrogen) atoms. The number of hydrogen-bond acceptors (Lipinski definition) is 6. The Kier molecular flexibility index (Phi) is 5.43. The maximum absolute atomic E-state index is 5.52. The molecule has 2 aromatic heterocycles. The molecule has 0 radical (unpaired) electrons. The number of nitrogens with zero attached hydrogens (tertiary/aromatic N) is 3. The van der Waals surface area contributed by atoms with E-state index in [0.29, 0.717) is 11.7 Å². The molecule has 0 aliphatic carbocycles. The van der Waals surface area contributed by atoms with Gasteiger partial charge in [-0.05, 0) is 29.7 Å². The molecule has 0 unspecified atom stereocenters. The number of rotatable bonds is 8. The largest absolute Gasteiger partial charge is 0.367 e. The van der Waals surface area contributed by atoms with Crippen LogP contribution >= 0.6 is 0 Å². The second-order valence-electron chi connectivity index (χ2n) is 7.40. The van der Waals surface area contributed by atoms with Crippen LogP contribution in [0.3, 0.4) is 0 Å². The monoisotopic (exact) mass is 410 g/mol. The van der Waals surface area contributed by atoms with Gasteiger partial charge >= 0.3 is 0 Å². The Labute approximate surface area is 179 Å². The number of unbranched alkanes of at least 4 members (excludes halogenated alkanes) is 1. The summed E-state index contributed by atoms with van der Waals surface area (Å²) in [4.78, 5) is 4.47. The van der Waals surface area contributed by atoms with Crippen molar-refractivity contribution in [2.45, 2.75) is 19.3 Å². The molecule has 0 saturated heterocycles. The van der Waals surface area contributed by atoms with E-state index in [9.17, 15) is 0 Å². The van der Waals surface area contributed by atoms with E-state index in [4.69, 9.17) is 9.05 Å². The van der Waals surface area contributed by atoms with Gasteiger partial charge in [-0.3, -0.25) is 0 Å². The third kappa shape index (κ3) is 4.48. The van der Waals surface area contributed by atoms with E-state index in [1.807, 2.05) is 48.5 Å². The van der Waals surface area contributed by atoms with Crippen LogP contribution < -0.4 is 5.32 Å². The predicted molar refractivity (Wildman–Crippen MR) is 121 cm³/mol. The fraction of sp³-hybridized carbons (Fsp3) is 0.160. The Morgan fingerprint density at radius 1 is 0.710 bits per heavy atom. The van der Waals surface area contributed by atoms with Crippen molar-refractivity contribution in [3.63, 3.8) is 0 Å². The van der Waals surface area contributed by atoms with E-state index < -0.39 is 0 Å². The van der Waals surface area contributed by atoms with Gasteiger partial charge in [-0.1, -0.05) is 77.0 Å². The third-order valence-corrected chi connectivity index (χ3v) is 5.17. The van der Waals surface area contributed by atoms with Crippen molar-refractivity contribution >= 4 is 16.6 Å². The fourth-order valence-electron chi connectivity index (χ4n) is 3.52. The number of anilines is 1. The minimum atomic E-state index is 0.637. The summed E-state index contributed by atoms with van der Waals surface area (Å²) in [6.45, 7) is 0.795. The Balaban J connectivity index is 1.11. The molecule has 5 aromatic rings. The third-order valence-electron chi connectivity index (χ3n) is 5.17. The quantitative estimate of drug-likeness (QED) is 0.317. The molecule has 1 N–H and O–H groups in total. The molecule has 0 aliphatic rings. The highest BCUT2D eigenvalue weighted by atomic mass is 16.5. The summed E-state index contributed by atoms with van der Waals surface area (Å²) in [6, 6.07) is 26.3. The molecule has 0 amide bonds. The van der Waals surface area contributed by atoms with Crippen LogP contribution in [0, 0.1) is 0 Å². The van der Waals surface area contributed by atoms with Crippen molar-refractivity contribution in [3.05, 3.63) is 84.8 Å². The Hall–Kier alpha value is -3.93. The van der Waals surface area contributed by atoms with Crippen molar-refractivity contribution in [3.8, 4) is 22.7 Å². The van der Waals surface area contributed by atoms with Gasteiger partial charge in [0.05, 0.1) is 0 Å². The molecule has 0 fully saturated rings. The van der Waals surface area contributed by atoms with E-state index in [0.717, 1.165) is 48.5 Å². The van der Waals surface area contributed by atoms with E-state index in [2.05, 4.69) is 50.9 Å². The lowest BCUT2D eigenvalue weighted by atomic mass is 10.1. The van der Waals surface area contributed by atoms with Crippen LogP contribution in [0.1, 0.15) is 18.7 Å². The molecule has 6 nitrogen and oxygen atoms in total. The van der Waals surface area contributed by atoms with Crippen LogP contribution in [0.15, 0.2) is 87.9 Å². The molecule has 154 valence electrons. The van der Waals surface area contributed by atoms with Gasteiger partial charge in [0.25, 0.3) is 0 Å². The maximum Gasteiger partial charge on any atom is 0.226 e. The van der Waals surface area contributed by atoms with Crippen molar-refractivity contribution in [2.24, 2.45) is 0 Å². The van der Waals surface area contributed by atoms with Crippen LogP contribution in [0.2, 0.25) is 0 Å². The Morgan fingerprint density at radius 2 is 1.55 bits per heavy atom. The number of aromatic nitrogens is 3. The summed E-state index contributed by atoms with van der Waals surface area (Å²) in [7, 11) is 0. The van der Waals surface area contributed by atoms with Crippen molar-refractivity contribution in [1.29, 1.82) is 0 Å². The smallest absolute Gasteiger partial charge is 0.226 e. The van der Waals surface area contributed by atoms with Crippen molar-refractivity contribution in [2.75, 3.05) is 11.9 Å². The lowest BCUT2D eigenvalue weighted by Gasteiger charge is -2.00. The summed E-state index contributed by atoms with van der Waals surface area (Å²) in [6.07, 6.45) is 2.66. The van der Waals surface area contributed by atoms with E-state index in [1.54, 1.807) is 0 Å². The fourth-order valence-corrected chi connectivity index (χ4v) is 3.52. The van der Waals surface area contributed by atoms with Gasteiger partial charge < -0.3 is 14.4 Å². The van der Waals surface area contributed by atoms with E-state index >= 15 is 0 Å². The van der Waals surface area contributed by atoms with Crippen LogP contribution in [0.25, 0.3) is 33.5 Å². The molecular weight excluding hydrogens is 388 g/mol. The summed E-state index contributed by atoms with van der Waals surface area (Å²) in [5.74, 6) is 2.80. The number of benzene rings is 3. The average molecular weight is 410 g/mol. The molecule has 0 atom stereocenters. The van der Waals surface area contributed by atoms with E-state index in [-0.39, 0.29) is 0 Å². The molecule has 0 aliphatic heterocycles. The predicted octanol–water partition coefficient (Wildman–Crippen LogP) is 5.98. The maximum atomic E-state index is 5.52. The van der Waals surface area contributed by atoms with Gasteiger partial charge in [0.2, 0.25) is 11.7 Å². The first-order valence-electron chi connectivity index (χ1n) is 10.4. The van der Waals surface area contributed by atoms with Crippen LogP contribution in [-0.2, 0) is 6.42 Å². The first-order valence-corrected chi connectivity index (χ1v) is 10.4. The molecule has 6 heteroatoms. The highest BCUT2D eigenvalue weighted by Crippen LogP contribution is 2.26. The lowest BCUT2D eigenvalue weighted by molar-refractivity contribution is 0.375. The summed E-state index contributed by atoms with van der Waals surface area (Å²) in [5, 5.41) is 13.9. The molecule has 2 heterocycles. The zero-order valence-corrected chi connectivity index (χ0v) is 17.0. The van der Waals surface area contributed by atoms with Gasteiger partial charge in [-0.15, -0.1) is 0 Å². The number of nitrogens with one attached hydrogen (secondary N) is 1. The van der Waals surface area contributed by atoms with Gasteiger partial charge in [-0.2, -0.15) is 4.98 Å². The first kappa shape index (κ1) is 19.1. The molecule has 0 saturated carbocycles. The zero-order valence-electron chi connectivity index (χ0n) is 17.0. The van der Waals surface area contributed by atoms with Gasteiger partial charge in [0, 0.05) is 30.2 Å². The minimum absolute atomic E-state index is 0.637. The van der Waals surface area contributed by atoms with Crippen LogP contribution in [-0.4, -0.2) is 21.8 Å². The Morgan fingerprint density at radius 3 is 2.45 bits per heavy atom. The highest BCUT2D eigenvalue weighted by Gasteiger charge is 2.09. The first-order chi connectivity index (χ1) is 15.3. The number of hydrogen-bond donors (Lipinski definition) is 1. The number of aryl methyl sites for hydroxylation is 1. The summed E-state index contributed by atoms with van der Waals surface area (Å²) in [5.41, 5.74) is 1.98. The molecule has 0 spiro atoms. The Bertz CT molecular complexity index is 1280. The SMILES string of the molecule is c1ccc(-c2noc(CCCCNc3cc(-c4ccc5ccccc5c4)on3)n2)cc1. The second kappa shape index (κ2) is 8.83. The molecular formula is C25H22N4O2. The molecule has 3 aromatic carbocycles. The highest BCUT2D eigenvalue weighted by molar-refractivity contribution is 5.86. The summed E-state index contributed by atoms with van der Waals surface area (Å²) < 4.78 is 10.9. The second-order valence-corrected chi connectivity index (χ2v) is 7.40. The number of fused-ring (bicyclic) bond motifs is 1. The van der Waals surface area contributed by atoms with Crippen LogP contribution in [0.5, 0.6) is 0 Å². The topological polar surface area (TPSA) is 77.0 Å².